The Labute approximate surface area is 128 Å². The fourth-order valence-electron chi connectivity index (χ4n) is 1.40. The summed E-state index contributed by atoms with van der Waals surface area (Å²) >= 11 is 11.4. The van der Waals surface area contributed by atoms with Crippen molar-refractivity contribution in [2.45, 2.75) is 6.04 Å². The third-order valence-electron chi connectivity index (χ3n) is 2.44. The van der Waals surface area contributed by atoms with Crippen LogP contribution in [0.15, 0.2) is 12.1 Å². The Morgan fingerprint density at radius 3 is 2.57 bits per heavy atom. The number of benzene rings is 1. The van der Waals surface area contributed by atoms with Gasteiger partial charge in [-0.2, -0.15) is 0 Å². The third-order valence-corrected chi connectivity index (χ3v) is 3.23. The predicted molar refractivity (Wildman–Crippen MR) is 73.5 cm³/mol. The van der Waals surface area contributed by atoms with Crippen molar-refractivity contribution < 1.29 is 24.4 Å². The van der Waals surface area contributed by atoms with Crippen LogP contribution in [0.1, 0.15) is 10.4 Å². The molecule has 1 atom stereocenters. The third kappa shape index (κ3) is 4.03. The average molecular weight is 337 g/mol. The molecule has 0 bridgehead atoms. The van der Waals surface area contributed by atoms with E-state index < -0.39 is 35.1 Å². The quantitative estimate of drug-likeness (QED) is 0.473. The Balaban J connectivity index is 3.08. The number of aliphatic hydroxyl groups is 1. The molecule has 2 N–H and O–H groups in total. The number of aliphatic hydroxyl groups excluding tert-OH is 1. The molecule has 8 nitrogen and oxygen atoms in total. The lowest BCUT2D eigenvalue weighted by molar-refractivity contribution is -0.384. The number of halogens is 2. The minimum absolute atomic E-state index is 0.182. The number of hydrogen-bond donors (Lipinski definition) is 2. The van der Waals surface area contributed by atoms with Crippen LogP contribution in [-0.4, -0.2) is 41.7 Å². The van der Waals surface area contributed by atoms with Crippen molar-refractivity contribution in [3.63, 3.8) is 0 Å². The number of methoxy groups -OCH3 is 1. The van der Waals surface area contributed by atoms with Crippen molar-refractivity contribution in [2.24, 2.45) is 0 Å². The highest BCUT2D eigenvalue weighted by Gasteiger charge is 2.24. The summed E-state index contributed by atoms with van der Waals surface area (Å²) in [5.74, 6) is -1.71. The monoisotopic (exact) mass is 336 g/mol. The van der Waals surface area contributed by atoms with E-state index in [-0.39, 0.29) is 15.6 Å². The first-order valence-corrected chi connectivity index (χ1v) is 6.20. The normalized spacial score (nSPS) is 11.6. The molecule has 114 valence electrons. The number of esters is 1. The van der Waals surface area contributed by atoms with Crippen molar-refractivity contribution in [3.05, 3.63) is 37.9 Å². The van der Waals surface area contributed by atoms with Gasteiger partial charge in [-0.15, -0.1) is 0 Å². The first kappa shape index (κ1) is 17.2. The van der Waals surface area contributed by atoms with E-state index in [4.69, 9.17) is 28.3 Å². The zero-order valence-corrected chi connectivity index (χ0v) is 12.1. The summed E-state index contributed by atoms with van der Waals surface area (Å²) in [6.07, 6.45) is 0. The van der Waals surface area contributed by atoms with Gasteiger partial charge in [0.15, 0.2) is 6.04 Å². The molecule has 0 saturated carbocycles. The second kappa shape index (κ2) is 7.21. The smallest absolute Gasteiger partial charge is 0.330 e. The lowest BCUT2D eigenvalue weighted by atomic mass is 10.1. The van der Waals surface area contributed by atoms with E-state index >= 15 is 0 Å². The average Bonchev–Trinajstić information content (AvgIpc) is 2.45. The molecule has 10 heteroatoms. The fourth-order valence-corrected chi connectivity index (χ4v) is 1.79. The molecule has 1 rings (SSSR count). The molecule has 1 amide bonds. The number of nitro groups is 1. The summed E-state index contributed by atoms with van der Waals surface area (Å²) in [6, 6.07) is 0.726. The number of nitrogens with one attached hydrogen (secondary N) is 1. The zero-order chi connectivity index (χ0) is 16.2. The van der Waals surface area contributed by atoms with Gasteiger partial charge in [0.2, 0.25) is 0 Å². The van der Waals surface area contributed by atoms with E-state index in [1.165, 1.54) is 0 Å². The van der Waals surface area contributed by atoms with Gasteiger partial charge < -0.3 is 15.2 Å². The second-order valence-electron chi connectivity index (χ2n) is 3.78. The summed E-state index contributed by atoms with van der Waals surface area (Å²) in [7, 11) is 1.08. The number of ether oxygens (including phenoxy) is 1. The molecular weight excluding hydrogens is 327 g/mol. The molecule has 1 unspecified atom stereocenters. The Bertz CT molecular complexity index is 592. The van der Waals surface area contributed by atoms with E-state index in [9.17, 15) is 19.7 Å². The van der Waals surface area contributed by atoms with Gasteiger partial charge in [-0.3, -0.25) is 14.9 Å². The highest BCUT2D eigenvalue weighted by atomic mass is 35.5. The van der Waals surface area contributed by atoms with Crippen molar-refractivity contribution in [1.82, 2.24) is 5.32 Å². The topological polar surface area (TPSA) is 119 Å². The van der Waals surface area contributed by atoms with E-state index in [1.54, 1.807) is 0 Å². The first-order valence-electron chi connectivity index (χ1n) is 5.44. The van der Waals surface area contributed by atoms with Gasteiger partial charge in [-0.05, 0) is 6.07 Å². The number of carbonyl (C=O) groups excluding carboxylic acids is 2. The second-order valence-corrected chi connectivity index (χ2v) is 4.57. The van der Waals surface area contributed by atoms with Crippen molar-refractivity contribution in [2.75, 3.05) is 13.7 Å². The van der Waals surface area contributed by atoms with Crippen LogP contribution < -0.4 is 5.32 Å². The van der Waals surface area contributed by atoms with Gasteiger partial charge in [0, 0.05) is 11.6 Å². The molecule has 0 aromatic heterocycles. The van der Waals surface area contributed by atoms with Gasteiger partial charge in [-0.25, -0.2) is 4.79 Å². The Hall–Kier alpha value is -1.90. The van der Waals surface area contributed by atoms with Gasteiger partial charge in [-0.1, -0.05) is 23.2 Å². The van der Waals surface area contributed by atoms with E-state index in [1.807, 2.05) is 0 Å². The SMILES string of the molecule is COC(=O)C(CO)NC(=O)c1cc(Cl)c(Cl)c([N+](=O)[O-])c1. The Morgan fingerprint density at radius 2 is 2.10 bits per heavy atom. The fraction of sp³-hybridized carbons (Fsp3) is 0.273. The largest absolute Gasteiger partial charge is 0.467 e. The van der Waals surface area contributed by atoms with Crippen molar-refractivity contribution in [1.29, 1.82) is 0 Å². The summed E-state index contributed by atoms with van der Waals surface area (Å²) in [4.78, 5) is 33.2. The molecule has 0 aliphatic carbocycles. The van der Waals surface area contributed by atoms with Crippen molar-refractivity contribution in [3.8, 4) is 0 Å². The van der Waals surface area contributed by atoms with Gasteiger partial charge in [0.1, 0.15) is 5.02 Å². The first-order chi connectivity index (χ1) is 9.81. The van der Waals surface area contributed by atoms with E-state index in [0.717, 1.165) is 19.2 Å². The van der Waals surface area contributed by atoms with Crippen LogP contribution in [0.5, 0.6) is 0 Å². The Kier molecular flexibility index (Phi) is 5.89. The van der Waals surface area contributed by atoms with Crippen LogP contribution in [0.25, 0.3) is 0 Å². The summed E-state index contributed by atoms with van der Waals surface area (Å²) in [6.45, 7) is -0.693. The lowest BCUT2D eigenvalue weighted by Crippen LogP contribution is -2.44. The van der Waals surface area contributed by atoms with E-state index in [2.05, 4.69) is 10.1 Å². The Morgan fingerprint density at radius 1 is 1.48 bits per heavy atom. The van der Waals surface area contributed by atoms with Crippen molar-refractivity contribution >= 4 is 40.8 Å². The molecule has 0 fully saturated rings. The molecule has 0 spiro atoms. The number of amides is 1. The molecule has 0 heterocycles. The highest BCUT2D eigenvalue weighted by Crippen LogP contribution is 2.33. The molecule has 0 radical (unpaired) electrons. The lowest BCUT2D eigenvalue weighted by Gasteiger charge is -2.14. The van der Waals surface area contributed by atoms with Crippen LogP contribution in [0.3, 0.4) is 0 Å². The van der Waals surface area contributed by atoms with Gasteiger partial charge >= 0.3 is 5.97 Å². The maximum Gasteiger partial charge on any atom is 0.330 e. The van der Waals surface area contributed by atoms with Crippen LogP contribution in [0.4, 0.5) is 5.69 Å². The van der Waals surface area contributed by atoms with Gasteiger partial charge in [0.25, 0.3) is 11.6 Å². The molecule has 1 aromatic carbocycles. The van der Waals surface area contributed by atoms with Gasteiger partial charge in [0.05, 0.1) is 23.7 Å². The molecule has 21 heavy (non-hydrogen) atoms. The maximum atomic E-state index is 11.9. The minimum atomic E-state index is -1.30. The predicted octanol–water partition coefficient (Wildman–Crippen LogP) is 1.17. The zero-order valence-electron chi connectivity index (χ0n) is 10.6. The summed E-state index contributed by atoms with van der Waals surface area (Å²) in [5, 5.41) is 21.5. The minimum Gasteiger partial charge on any atom is -0.467 e. The molecule has 1 aromatic rings. The maximum absolute atomic E-state index is 11.9. The molecular formula is C11H10Cl2N2O6. The number of carbonyl (C=O) groups is 2. The van der Waals surface area contributed by atoms with Crippen LogP contribution in [0, 0.1) is 10.1 Å². The van der Waals surface area contributed by atoms with Crippen LogP contribution in [0.2, 0.25) is 10.0 Å². The molecule has 0 saturated heterocycles. The molecule has 0 aliphatic rings. The standard InChI is InChI=1S/C11H10Cl2N2O6/c1-21-11(18)7(4-16)14-10(17)5-2-6(12)9(13)8(3-5)15(19)20/h2-3,7,16H,4H2,1H3,(H,14,17). The van der Waals surface area contributed by atoms with Crippen LogP contribution >= 0.6 is 23.2 Å². The summed E-state index contributed by atoms with van der Waals surface area (Å²) in [5.41, 5.74) is -0.730. The number of nitrogens with zero attached hydrogens (tertiary/aromatic N) is 1. The van der Waals surface area contributed by atoms with Crippen LogP contribution in [-0.2, 0) is 9.53 Å². The summed E-state index contributed by atoms with van der Waals surface area (Å²) < 4.78 is 4.38. The molecule has 0 aliphatic heterocycles. The number of hydrogen-bond acceptors (Lipinski definition) is 6. The number of rotatable bonds is 5. The number of nitro benzene ring substituents is 1. The van der Waals surface area contributed by atoms with E-state index in [0.29, 0.717) is 0 Å². The highest BCUT2D eigenvalue weighted by molar-refractivity contribution is 6.43.